The van der Waals surface area contributed by atoms with Crippen LogP contribution in [-0.4, -0.2) is 16.1 Å². The lowest BCUT2D eigenvalue weighted by atomic mass is 9.91. The van der Waals surface area contributed by atoms with Gasteiger partial charge in [0.05, 0.1) is 5.02 Å². The summed E-state index contributed by atoms with van der Waals surface area (Å²) in [6, 6.07) is 2.50. The van der Waals surface area contributed by atoms with Gasteiger partial charge in [0.25, 0.3) is 0 Å². The molecule has 1 atom stereocenters. The van der Waals surface area contributed by atoms with E-state index in [1.54, 1.807) is 12.4 Å². The van der Waals surface area contributed by atoms with Crippen LogP contribution in [0.5, 0.6) is 0 Å². The minimum Gasteiger partial charge on any atom is -0.349 e. The Morgan fingerprint density at radius 3 is 3.15 bits per heavy atom. The maximum Gasteiger partial charge on any atom is 0.0639 e. The molecular formula is C16H20ClN3. The number of hydrogen-bond acceptors (Lipinski definition) is 2. The SMILES string of the molecule is CCNC1CCCc2cn(Cc3ccncc3Cl)cc21. The molecule has 2 aromatic heterocycles. The second-order valence-corrected chi connectivity index (χ2v) is 5.79. The lowest BCUT2D eigenvalue weighted by Gasteiger charge is -2.22. The number of hydrogen-bond donors (Lipinski definition) is 1. The van der Waals surface area contributed by atoms with Crippen LogP contribution in [-0.2, 0) is 13.0 Å². The van der Waals surface area contributed by atoms with Gasteiger partial charge in [0, 0.05) is 37.4 Å². The molecular weight excluding hydrogens is 270 g/mol. The van der Waals surface area contributed by atoms with Gasteiger partial charge in [-0.05, 0) is 48.6 Å². The average molecular weight is 290 g/mol. The first-order chi connectivity index (χ1) is 9.78. The molecule has 2 aromatic rings. The number of fused-ring (bicyclic) bond motifs is 1. The van der Waals surface area contributed by atoms with E-state index < -0.39 is 0 Å². The van der Waals surface area contributed by atoms with Gasteiger partial charge in [0.1, 0.15) is 0 Å². The Kier molecular flexibility index (Phi) is 4.08. The molecule has 0 aromatic carbocycles. The summed E-state index contributed by atoms with van der Waals surface area (Å²) < 4.78 is 2.25. The summed E-state index contributed by atoms with van der Waals surface area (Å²) in [7, 11) is 0. The van der Waals surface area contributed by atoms with Gasteiger partial charge in [-0.2, -0.15) is 0 Å². The Hall–Kier alpha value is -1.32. The van der Waals surface area contributed by atoms with E-state index in [1.165, 1.54) is 30.4 Å². The third-order valence-electron chi connectivity index (χ3n) is 3.97. The molecule has 2 heterocycles. The Balaban J connectivity index is 1.84. The van der Waals surface area contributed by atoms with Crippen LogP contribution in [0, 0.1) is 0 Å². The van der Waals surface area contributed by atoms with Crippen molar-refractivity contribution in [1.82, 2.24) is 14.9 Å². The number of rotatable bonds is 4. The van der Waals surface area contributed by atoms with E-state index in [2.05, 4.69) is 34.2 Å². The molecule has 20 heavy (non-hydrogen) atoms. The smallest absolute Gasteiger partial charge is 0.0639 e. The van der Waals surface area contributed by atoms with Crippen LogP contribution in [0.25, 0.3) is 0 Å². The molecule has 0 spiro atoms. The fourth-order valence-electron chi connectivity index (χ4n) is 3.03. The standard InChI is InChI=1S/C16H20ClN3/c1-2-19-16-5-3-4-12-9-20(11-14(12)16)10-13-6-7-18-8-15(13)17/h6-9,11,16,19H,2-5,10H2,1H3. The van der Waals surface area contributed by atoms with Gasteiger partial charge in [-0.1, -0.05) is 18.5 Å². The van der Waals surface area contributed by atoms with Gasteiger partial charge in [-0.25, -0.2) is 0 Å². The summed E-state index contributed by atoms with van der Waals surface area (Å²) in [6.07, 6.45) is 11.8. The molecule has 1 aliphatic carbocycles. The van der Waals surface area contributed by atoms with Crippen LogP contribution in [0.4, 0.5) is 0 Å². The first kappa shape index (κ1) is 13.7. The van der Waals surface area contributed by atoms with Crippen LogP contribution in [0.3, 0.4) is 0 Å². The molecule has 1 N–H and O–H groups in total. The summed E-state index contributed by atoms with van der Waals surface area (Å²) in [6.45, 7) is 4.00. The van der Waals surface area contributed by atoms with Gasteiger partial charge in [-0.15, -0.1) is 0 Å². The minimum atomic E-state index is 0.512. The second kappa shape index (κ2) is 5.98. The van der Waals surface area contributed by atoms with E-state index >= 15 is 0 Å². The van der Waals surface area contributed by atoms with Gasteiger partial charge < -0.3 is 9.88 Å². The van der Waals surface area contributed by atoms with Crippen molar-refractivity contribution in [3.63, 3.8) is 0 Å². The molecule has 0 fully saturated rings. The van der Waals surface area contributed by atoms with Crippen molar-refractivity contribution in [3.8, 4) is 0 Å². The van der Waals surface area contributed by atoms with Gasteiger partial charge in [0.2, 0.25) is 0 Å². The highest BCUT2D eigenvalue weighted by Crippen LogP contribution is 2.30. The largest absolute Gasteiger partial charge is 0.349 e. The lowest BCUT2D eigenvalue weighted by Crippen LogP contribution is -2.23. The monoisotopic (exact) mass is 289 g/mol. The lowest BCUT2D eigenvalue weighted by molar-refractivity contribution is 0.473. The van der Waals surface area contributed by atoms with E-state index in [0.29, 0.717) is 6.04 Å². The maximum atomic E-state index is 6.19. The molecule has 0 saturated carbocycles. The van der Waals surface area contributed by atoms with Gasteiger partial charge in [0.15, 0.2) is 0 Å². The van der Waals surface area contributed by atoms with Crippen molar-refractivity contribution in [3.05, 3.63) is 52.6 Å². The molecule has 3 rings (SSSR count). The highest BCUT2D eigenvalue weighted by molar-refractivity contribution is 6.31. The second-order valence-electron chi connectivity index (χ2n) is 5.38. The van der Waals surface area contributed by atoms with Crippen molar-refractivity contribution in [2.45, 2.75) is 38.8 Å². The molecule has 106 valence electrons. The Labute approximate surface area is 125 Å². The fourth-order valence-corrected chi connectivity index (χ4v) is 3.21. The zero-order valence-corrected chi connectivity index (χ0v) is 12.5. The molecule has 4 heteroatoms. The molecule has 0 saturated heterocycles. The molecule has 0 radical (unpaired) electrons. The first-order valence-corrected chi connectivity index (χ1v) is 7.66. The molecule has 1 aliphatic rings. The van der Waals surface area contributed by atoms with Crippen LogP contribution in [0.2, 0.25) is 5.02 Å². The van der Waals surface area contributed by atoms with Crippen molar-refractivity contribution in [2.75, 3.05) is 6.54 Å². The number of pyridine rings is 1. The topological polar surface area (TPSA) is 29.9 Å². The van der Waals surface area contributed by atoms with E-state index in [0.717, 1.165) is 23.7 Å². The maximum absolute atomic E-state index is 6.19. The third-order valence-corrected chi connectivity index (χ3v) is 4.31. The van der Waals surface area contributed by atoms with Gasteiger partial charge in [-0.3, -0.25) is 4.98 Å². The zero-order chi connectivity index (χ0) is 13.9. The van der Waals surface area contributed by atoms with Crippen molar-refractivity contribution in [1.29, 1.82) is 0 Å². The zero-order valence-electron chi connectivity index (χ0n) is 11.8. The van der Waals surface area contributed by atoms with Gasteiger partial charge >= 0.3 is 0 Å². The third kappa shape index (κ3) is 2.74. The summed E-state index contributed by atoms with van der Waals surface area (Å²) >= 11 is 6.19. The quantitative estimate of drug-likeness (QED) is 0.932. The van der Waals surface area contributed by atoms with Crippen LogP contribution in [0.15, 0.2) is 30.9 Å². The average Bonchev–Trinajstić information content (AvgIpc) is 2.85. The molecule has 3 nitrogen and oxygen atoms in total. The molecule has 0 aliphatic heterocycles. The summed E-state index contributed by atoms with van der Waals surface area (Å²) in [4.78, 5) is 4.04. The Morgan fingerprint density at radius 1 is 1.45 bits per heavy atom. The number of nitrogens with zero attached hydrogens (tertiary/aromatic N) is 2. The predicted octanol–water partition coefficient (Wildman–Crippen LogP) is 3.57. The normalized spacial score (nSPS) is 18.0. The van der Waals surface area contributed by atoms with Crippen molar-refractivity contribution >= 4 is 11.6 Å². The molecule has 0 bridgehead atoms. The molecule has 1 unspecified atom stereocenters. The fraction of sp³-hybridized carbons (Fsp3) is 0.438. The first-order valence-electron chi connectivity index (χ1n) is 7.28. The number of aromatic nitrogens is 2. The van der Waals surface area contributed by atoms with E-state index in [-0.39, 0.29) is 0 Å². The number of aryl methyl sites for hydroxylation is 1. The van der Waals surface area contributed by atoms with Crippen LogP contribution in [0.1, 0.15) is 42.5 Å². The van der Waals surface area contributed by atoms with E-state index in [9.17, 15) is 0 Å². The molecule has 0 amide bonds. The predicted molar refractivity (Wildman–Crippen MR) is 82.1 cm³/mol. The van der Waals surface area contributed by atoms with Crippen molar-refractivity contribution in [2.24, 2.45) is 0 Å². The Morgan fingerprint density at radius 2 is 2.35 bits per heavy atom. The summed E-state index contributed by atoms with van der Waals surface area (Å²) in [5, 5.41) is 4.32. The minimum absolute atomic E-state index is 0.512. The highest BCUT2D eigenvalue weighted by atomic mass is 35.5. The highest BCUT2D eigenvalue weighted by Gasteiger charge is 2.21. The Bertz CT molecular complexity index is 591. The summed E-state index contributed by atoms with van der Waals surface area (Å²) in [5.74, 6) is 0. The van der Waals surface area contributed by atoms with Crippen LogP contribution < -0.4 is 5.32 Å². The van der Waals surface area contributed by atoms with Crippen LogP contribution >= 0.6 is 11.6 Å². The number of nitrogens with one attached hydrogen (secondary N) is 1. The van der Waals surface area contributed by atoms with E-state index in [1.807, 2.05) is 6.07 Å². The number of halogens is 1. The van der Waals surface area contributed by atoms with E-state index in [4.69, 9.17) is 11.6 Å². The summed E-state index contributed by atoms with van der Waals surface area (Å²) in [5.41, 5.74) is 4.06. The van der Waals surface area contributed by atoms with Crippen molar-refractivity contribution < 1.29 is 0 Å².